The second-order valence-electron chi connectivity index (χ2n) is 8.87. The van der Waals surface area contributed by atoms with Gasteiger partial charge in [0.2, 0.25) is 0 Å². The highest BCUT2D eigenvalue weighted by molar-refractivity contribution is 5.45. The molecule has 4 unspecified atom stereocenters. The maximum atomic E-state index is 14.7. The average molecular weight is 426 g/mol. The summed E-state index contributed by atoms with van der Waals surface area (Å²) in [7, 11) is 0. The van der Waals surface area contributed by atoms with Crippen molar-refractivity contribution in [3.05, 3.63) is 82.4 Å². The third-order valence-corrected chi connectivity index (χ3v) is 6.91. The number of rotatable bonds is 2. The van der Waals surface area contributed by atoms with Gasteiger partial charge in [0, 0.05) is 5.56 Å². The van der Waals surface area contributed by atoms with Gasteiger partial charge in [0.15, 0.2) is 17.5 Å². The van der Waals surface area contributed by atoms with E-state index >= 15 is 0 Å². The van der Waals surface area contributed by atoms with Crippen molar-refractivity contribution in [3.8, 4) is 11.8 Å². The van der Waals surface area contributed by atoms with Crippen LogP contribution in [0.5, 0.6) is 0 Å². The molecule has 2 aliphatic carbocycles. The molecule has 0 N–H and O–H groups in total. The molecule has 162 valence electrons. The zero-order valence-electron chi connectivity index (χ0n) is 17.6. The molecule has 0 aliphatic heterocycles. The van der Waals surface area contributed by atoms with Crippen LogP contribution in [0, 0.1) is 52.9 Å². The fourth-order valence-electron chi connectivity index (χ4n) is 5.33. The molecule has 0 heterocycles. The van der Waals surface area contributed by atoms with Gasteiger partial charge >= 0.3 is 0 Å². The number of halogens is 4. The van der Waals surface area contributed by atoms with Crippen LogP contribution >= 0.6 is 0 Å². The smallest absolute Gasteiger partial charge is 0.194 e. The van der Waals surface area contributed by atoms with Gasteiger partial charge in [-0.25, -0.2) is 17.6 Å². The van der Waals surface area contributed by atoms with Crippen LogP contribution in [0.1, 0.15) is 68.1 Å². The normalized spacial score (nSPS) is 25.7. The zero-order chi connectivity index (χ0) is 22.0. The summed E-state index contributed by atoms with van der Waals surface area (Å²) in [6.07, 6.45) is 11.6. The predicted molar refractivity (Wildman–Crippen MR) is 114 cm³/mol. The molecule has 2 saturated carbocycles. The molecule has 4 heteroatoms. The zero-order valence-corrected chi connectivity index (χ0v) is 17.6. The second-order valence-corrected chi connectivity index (χ2v) is 8.87. The summed E-state index contributed by atoms with van der Waals surface area (Å²) in [6.45, 7) is 2.09. The average Bonchev–Trinajstić information content (AvgIpc) is 2.76. The summed E-state index contributed by atoms with van der Waals surface area (Å²) < 4.78 is 54.4. The Morgan fingerprint density at radius 1 is 0.806 bits per heavy atom. The molecule has 0 amide bonds. The summed E-state index contributed by atoms with van der Waals surface area (Å²) in [5.41, 5.74) is 1.12. The highest BCUT2D eigenvalue weighted by Crippen LogP contribution is 2.47. The fraction of sp³-hybridized carbons (Fsp3) is 0.407. The molecule has 0 aromatic heterocycles. The largest absolute Gasteiger partial charge is 0.206 e. The molecule has 0 radical (unpaired) electrons. The standard InChI is InChI=1S/C27H26F4/c1-2-3-17-4-7-21-15-22(11-10-20(21)12-17)23-9-8-19(24(28)16-23)6-5-18-13-25(29)27(31)26(30)14-18/h2-3,8-9,13-14,16-17,20-22H,4,7,10-12,15H2,1H3/b3-2+. The number of hydrogen-bond donors (Lipinski definition) is 0. The first-order chi connectivity index (χ1) is 14.9. The number of benzene rings is 2. The fourth-order valence-corrected chi connectivity index (χ4v) is 5.33. The Labute approximate surface area is 181 Å². The van der Waals surface area contributed by atoms with Gasteiger partial charge in [-0.05, 0) is 98.9 Å². The van der Waals surface area contributed by atoms with E-state index in [1.165, 1.54) is 25.7 Å². The van der Waals surface area contributed by atoms with Gasteiger partial charge in [-0.3, -0.25) is 0 Å². The topological polar surface area (TPSA) is 0 Å². The lowest BCUT2D eigenvalue weighted by Gasteiger charge is -2.41. The van der Waals surface area contributed by atoms with Crippen LogP contribution in [0.15, 0.2) is 42.5 Å². The lowest BCUT2D eigenvalue weighted by Crippen LogP contribution is -2.30. The number of allylic oxidation sites excluding steroid dienone is 2. The van der Waals surface area contributed by atoms with Crippen LogP contribution in [-0.2, 0) is 0 Å². The van der Waals surface area contributed by atoms with Crippen LogP contribution in [0.25, 0.3) is 0 Å². The van der Waals surface area contributed by atoms with E-state index in [0.717, 1.165) is 36.5 Å². The molecule has 0 spiro atoms. The van der Waals surface area contributed by atoms with Crippen LogP contribution in [0.2, 0.25) is 0 Å². The van der Waals surface area contributed by atoms with E-state index in [1.807, 2.05) is 6.07 Å². The monoisotopic (exact) mass is 426 g/mol. The van der Waals surface area contributed by atoms with E-state index < -0.39 is 23.3 Å². The van der Waals surface area contributed by atoms with Gasteiger partial charge < -0.3 is 0 Å². The maximum Gasteiger partial charge on any atom is 0.194 e. The van der Waals surface area contributed by atoms with Crippen molar-refractivity contribution < 1.29 is 17.6 Å². The van der Waals surface area contributed by atoms with Crippen molar-refractivity contribution in [2.45, 2.75) is 51.4 Å². The molecular weight excluding hydrogens is 400 g/mol. The Morgan fingerprint density at radius 3 is 2.23 bits per heavy atom. The Bertz CT molecular complexity index is 1020. The Balaban J connectivity index is 1.46. The van der Waals surface area contributed by atoms with Crippen LogP contribution in [-0.4, -0.2) is 0 Å². The highest BCUT2D eigenvalue weighted by Gasteiger charge is 2.35. The molecule has 0 saturated heterocycles. The molecule has 2 aliphatic rings. The lowest BCUT2D eigenvalue weighted by atomic mass is 9.64. The molecule has 31 heavy (non-hydrogen) atoms. The summed E-state index contributed by atoms with van der Waals surface area (Å²) in [4.78, 5) is 0. The maximum absolute atomic E-state index is 14.7. The summed E-state index contributed by atoms with van der Waals surface area (Å²) in [6, 6.07) is 6.70. The molecule has 4 atom stereocenters. The van der Waals surface area contributed by atoms with Gasteiger partial charge in [0.1, 0.15) is 5.82 Å². The first-order valence-corrected chi connectivity index (χ1v) is 11.0. The van der Waals surface area contributed by atoms with E-state index in [2.05, 4.69) is 30.9 Å². The Hall–Kier alpha value is -2.54. The van der Waals surface area contributed by atoms with Gasteiger partial charge in [-0.1, -0.05) is 30.1 Å². The van der Waals surface area contributed by atoms with E-state index in [-0.39, 0.29) is 11.1 Å². The molecule has 2 aromatic carbocycles. The Kier molecular flexibility index (Phi) is 6.51. The molecule has 0 bridgehead atoms. The molecule has 4 rings (SSSR count). The minimum absolute atomic E-state index is 0.0354. The minimum Gasteiger partial charge on any atom is -0.206 e. The summed E-state index contributed by atoms with van der Waals surface area (Å²) >= 11 is 0. The minimum atomic E-state index is -1.54. The first kappa shape index (κ1) is 21.7. The van der Waals surface area contributed by atoms with Crippen molar-refractivity contribution in [1.29, 1.82) is 0 Å². The van der Waals surface area contributed by atoms with E-state index in [4.69, 9.17) is 0 Å². The molecule has 2 fully saturated rings. The third kappa shape index (κ3) is 4.87. The molecule has 2 aromatic rings. The van der Waals surface area contributed by atoms with Crippen LogP contribution in [0.4, 0.5) is 17.6 Å². The summed E-state index contributed by atoms with van der Waals surface area (Å²) in [5, 5.41) is 0. The van der Waals surface area contributed by atoms with E-state index in [1.54, 1.807) is 12.1 Å². The summed E-state index contributed by atoms with van der Waals surface area (Å²) in [5.74, 6) is 3.09. The lowest BCUT2D eigenvalue weighted by molar-refractivity contribution is 0.133. The van der Waals surface area contributed by atoms with Gasteiger partial charge in [-0.15, -0.1) is 0 Å². The first-order valence-electron chi connectivity index (χ1n) is 11.0. The van der Waals surface area contributed by atoms with Crippen molar-refractivity contribution in [2.24, 2.45) is 17.8 Å². The molecule has 0 nitrogen and oxygen atoms in total. The number of fused-ring (bicyclic) bond motifs is 1. The van der Waals surface area contributed by atoms with Crippen LogP contribution in [0.3, 0.4) is 0 Å². The van der Waals surface area contributed by atoms with Crippen LogP contribution < -0.4 is 0 Å². The van der Waals surface area contributed by atoms with Crippen molar-refractivity contribution in [2.75, 3.05) is 0 Å². The van der Waals surface area contributed by atoms with E-state index in [0.29, 0.717) is 17.8 Å². The predicted octanol–water partition coefficient (Wildman–Crippen LogP) is 7.52. The highest BCUT2D eigenvalue weighted by atomic mass is 19.2. The van der Waals surface area contributed by atoms with Crippen molar-refractivity contribution >= 4 is 0 Å². The third-order valence-electron chi connectivity index (χ3n) is 6.91. The van der Waals surface area contributed by atoms with Gasteiger partial charge in [-0.2, -0.15) is 0 Å². The SMILES string of the molecule is C/C=C/C1CCC2CC(c3ccc(C#Cc4cc(F)c(F)c(F)c4)c(F)c3)CCC2C1. The number of hydrogen-bond acceptors (Lipinski definition) is 0. The van der Waals surface area contributed by atoms with Crippen molar-refractivity contribution in [3.63, 3.8) is 0 Å². The second kappa shape index (κ2) is 9.30. The van der Waals surface area contributed by atoms with Gasteiger partial charge in [0.25, 0.3) is 0 Å². The molecular formula is C27H26F4. The van der Waals surface area contributed by atoms with E-state index in [9.17, 15) is 17.6 Å². The van der Waals surface area contributed by atoms with Crippen molar-refractivity contribution in [1.82, 2.24) is 0 Å². The quantitative estimate of drug-likeness (QED) is 0.202. The van der Waals surface area contributed by atoms with Gasteiger partial charge in [0.05, 0.1) is 5.56 Å². The Morgan fingerprint density at radius 2 is 1.52 bits per heavy atom.